The summed E-state index contributed by atoms with van der Waals surface area (Å²) in [6.45, 7) is 1.04. The molecule has 0 spiro atoms. The van der Waals surface area contributed by atoms with Gasteiger partial charge in [-0.3, -0.25) is 0 Å². The van der Waals surface area contributed by atoms with E-state index in [0.29, 0.717) is 32.9 Å². The molecule has 3 heteroatoms. The van der Waals surface area contributed by atoms with Gasteiger partial charge in [0, 0.05) is 0 Å². The number of aromatic hydroxyl groups is 1. The van der Waals surface area contributed by atoms with Gasteiger partial charge in [-0.1, -0.05) is 0 Å². The summed E-state index contributed by atoms with van der Waals surface area (Å²) < 4.78 is 2.56. The van der Waals surface area contributed by atoms with Crippen molar-refractivity contribution in [2.24, 2.45) is 0 Å². The molecule has 2 aromatic carbocycles. The van der Waals surface area contributed by atoms with Crippen LogP contribution in [0, 0.1) is 0 Å². The van der Waals surface area contributed by atoms with E-state index in [9.17, 15) is 5.11 Å². The van der Waals surface area contributed by atoms with Crippen molar-refractivity contribution in [1.82, 2.24) is 0 Å². The Morgan fingerprint density at radius 2 is 2.06 bits per heavy atom. The molecule has 0 aromatic heterocycles. The Kier molecular flexibility index (Phi) is 2.43. The van der Waals surface area contributed by atoms with Crippen molar-refractivity contribution < 1.29 is 26.3 Å². The van der Waals surface area contributed by atoms with Gasteiger partial charge in [-0.15, -0.1) is 0 Å². The van der Waals surface area contributed by atoms with Crippen LogP contribution in [0.1, 0.15) is 17.9 Å². The maximum absolute atomic E-state index is 10.1. The van der Waals surface area contributed by atoms with Crippen LogP contribution in [0.25, 0.3) is 10.8 Å². The fraction of sp³-hybridized carbons (Fsp3) is 0.333. The van der Waals surface area contributed by atoms with E-state index >= 15 is 0 Å². The summed E-state index contributed by atoms with van der Waals surface area (Å²) >= 11 is 0.538. The number of halogens is 1. The second-order valence-corrected chi connectivity index (χ2v) is 8.65. The summed E-state index contributed by atoms with van der Waals surface area (Å²) in [5, 5.41) is 15.8. The molecule has 2 heterocycles. The first-order valence-corrected chi connectivity index (χ1v) is 9.16. The standard InChI is InChI=1S/C15H15INO/c18-14-6-13-15(12-4-2-1-3-11(12)14)9(8-17-13)5-10-7-16-10/h1-4,6,9-10,17-18H,5,7-8H2/q-1/t9-,10?/m1/s1. The number of phenols is 1. The summed E-state index contributed by atoms with van der Waals surface area (Å²) in [6.07, 6.45) is 1.35. The van der Waals surface area contributed by atoms with Crippen molar-refractivity contribution >= 4 is 16.5 Å². The molecule has 0 aliphatic carbocycles. The molecule has 18 heavy (non-hydrogen) atoms. The van der Waals surface area contributed by atoms with Gasteiger partial charge >= 0.3 is 117 Å². The Bertz CT molecular complexity index is 621. The summed E-state index contributed by atoms with van der Waals surface area (Å²) in [4.78, 5) is 0. The average molecular weight is 352 g/mol. The Morgan fingerprint density at radius 3 is 2.83 bits per heavy atom. The Morgan fingerprint density at radius 1 is 1.28 bits per heavy atom. The molecule has 0 amide bonds. The zero-order chi connectivity index (χ0) is 12.1. The van der Waals surface area contributed by atoms with Gasteiger partial charge in [0.15, 0.2) is 0 Å². The maximum atomic E-state index is 10.1. The zero-order valence-corrected chi connectivity index (χ0v) is 12.1. The quantitative estimate of drug-likeness (QED) is 0.585. The van der Waals surface area contributed by atoms with E-state index in [0.717, 1.165) is 21.5 Å². The van der Waals surface area contributed by atoms with E-state index in [1.807, 2.05) is 18.2 Å². The van der Waals surface area contributed by atoms with Crippen molar-refractivity contribution in [3.05, 3.63) is 35.9 Å². The van der Waals surface area contributed by atoms with Crippen LogP contribution in [-0.4, -0.2) is 20.0 Å². The molecular formula is C15H15INO-. The van der Waals surface area contributed by atoms with Crippen LogP contribution in [-0.2, 0) is 0 Å². The van der Waals surface area contributed by atoms with Crippen molar-refractivity contribution in [2.45, 2.75) is 16.3 Å². The molecular weight excluding hydrogens is 337 g/mol. The van der Waals surface area contributed by atoms with Gasteiger partial charge in [0.1, 0.15) is 0 Å². The molecule has 0 radical (unpaired) electrons. The summed E-state index contributed by atoms with van der Waals surface area (Å²) in [6, 6.07) is 10.1. The van der Waals surface area contributed by atoms with Crippen molar-refractivity contribution in [3.8, 4) is 5.75 Å². The first-order chi connectivity index (χ1) is 8.83. The van der Waals surface area contributed by atoms with Gasteiger partial charge in [0.25, 0.3) is 0 Å². The van der Waals surface area contributed by atoms with Crippen molar-refractivity contribution in [2.75, 3.05) is 16.3 Å². The molecule has 2 aliphatic rings. The van der Waals surface area contributed by atoms with Gasteiger partial charge in [-0.25, -0.2) is 0 Å². The van der Waals surface area contributed by atoms with Gasteiger partial charge in [0.05, 0.1) is 0 Å². The molecule has 2 aliphatic heterocycles. The Labute approximate surface area is 117 Å². The minimum absolute atomic E-state index is 0.399. The molecule has 2 N–H and O–H groups in total. The topological polar surface area (TPSA) is 32.3 Å². The van der Waals surface area contributed by atoms with Crippen molar-refractivity contribution in [1.29, 1.82) is 0 Å². The van der Waals surface area contributed by atoms with Gasteiger partial charge in [-0.05, 0) is 0 Å². The van der Waals surface area contributed by atoms with Crippen LogP contribution >= 0.6 is 0 Å². The minimum atomic E-state index is 0.399. The van der Waals surface area contributed by atoms with Crippen LogP contribution in [0.3, 0.4) is 0 Å². The monoisotopic (exact) mass is 352 g/mol. The molecule has 1 fully saturated rings. The predicted molar refractivity (Wildman–Crippen MR) is 70.1 cm³/mol. The zero-order valence-electron chi connectivity index (χ0n) is 9.99. The number of hydrogen-bond donors (Lipinski definition) is 2. The first-order valence-electron chi connectivity index (χ1n) is 6.39. The third-order valence-corrected chi connectivity index (χ3v) is 6.56. The van der Waals surface area contributed by atoms with Crippen molar-refractivity contribution in [3.63, 3.8) is 0 Å². The molecule has 2 aromatic rings. The number of phenolic OH excluding ortho intramolecular Hbond substituents is 1. The van der Waals surface area contributed by atoms with Gasteiger partial charge in [0.2, 0.25) is 0 Å². The Balaban J connectivity index is 1.90. The molecule has 2 nitrogen and oxygen atoms in total. The van der Waals surface area contributed by atoms with Crippen LogP contribution in [0.5, 0.6) is 5.75 Å². The fourth-order valence-electron chi connectivity index (χ4n) is 3.00. The second kappa shape index (κ2) is 4.02. The van der Waals surface area contributed by atoms with Crippen LogP contribution in [0.4, 0.5) is 5.69 Å². The molecule has 0 bridgehead atoms. The number of fused-ring (bicyclic) bond motifs is 3. The van der Waals surface area contributed by atoms with E-state index in [2.05, 4.69) is 17.4 Å². The van der Waals surface area contributed by atoms with E-state index in [-0.39, 0.29) is 0 Å². The van der Waals surface area contributed by atoms with Gasteiger partial charge < -0.3 is 0 Å². The molecule has 0 saturated carbocycles. The summed E-state index contributed by atoms with van der Waals surface area (Å²) in [5.74, 6) is 1.05. The fourth-order valence-corrected chi connectivity index (χ4v) is 4.69. The number of hydrogen-bond acceptors (Lipinski definition) is 2. The molecule has 2 atom stereocenters. The SMILES string of the molecule is Oc1cc2c(c3ccccc13)[C@H](CC1C[I-]1)CN2. The number of rotatable bonds is 2. The molecule has 1 saturated heterocycles. The Hall–Kier alpha value is -0.970. The van der Waals surface area contributed by atoms with E-state index in [4.69, 9.17) is 0 Å². The van der Waals surface area contributed by atoms with E-state index < -0.39 is 0 Å². The van der Waals surface area contributed by atoms with E-state index in [1.165, 1.54) is 21.8 Å². The number of alkyl halides is 2. The van der Waals surface area contributed by atoms with Crippen LogP contribution in [0.15, 0.2) is 30.3 Å². The molecule has 94 valence electrons. The third-order valence-electron chi connectivity index (χ3n) is 3.92. The summed E-state index contributed by atoms with van der Waals surface area (Å²) in [7, 11) is 0. The normalized spacial score (nSPS) is 25.3. The molecule has 4 rings (SSSR count). The first kappa shape index (κ1) is 10.9. The molecule has 1 unspecified atom stereocenters. The van der Waals surface area contributed by atoms with Crippen LogP contribution < -0.4 is 26.5 Å². The second-order valence-electron chi connectivity index (χ2n) is 5.12. The number of benzene rings is 2. The van der Waals surface area contributed by atoms with E-state index in [1.54, 1.807) is 0 Å². The predicted octanol–water partition coefficient (Wildman–Crippen LogP) is -0.0842. The summed E-state index contributed by atoms with van der Waals surface area (Å²) in [5.41, 5.74) is 2.59. The van der Waals surface area contributed by atoms with Gasteiger partial charge in [-0.2, -0.15) is 0 Å². The number of nitrogens with one attached hydrogen (secondary N) is 1. The number of anilines is 1. The third kappa shape index (κ3) is 1.67. The average Bonchev–Trinajstić information content (AvgIpc) is 3.11. The van der Waals surface area contributed by atoms with Crippen LogP contribution in [0.2, 0.25) is 0 Å².